The van der Waals surface area contributed by atoms with Gasteiger partial charge in [0, 0.05) is 33.6 Å². The van der Waals surface area contributed by atoms with Gasteiger partial charge in [-0.3, -0.25) is 0 Å². The first-order valence-electron chi connectivity index (χ1n) is 10.3. The number of aromatic nitrogens is 1. The minimum atomic E-state index is -1.04. The van der Waals surface area contributed by atoms with Gasteiger partial charge >= 0.3 is 5.97 Å². The Kier molecular flexibility index (Phi) is 7.05. The van der Waals surface area contributed by atoms with Gasteiger partial charge in [0.1, 0.15) is 24.0 Å². The van der Waals surface area contributed by atoms with Crippen molar-refractivity contribution >= 4 is 39.2 Å². The van der Waals surface area contributed by atoms with Gasteiger partial charge in [-0.1, -0.05) is 39.7 Å². The lowest BCUT2D eigenvalue weighted by atomic mass is 10.1. The molecule has 0 fully saturated rings. The number of alkyl halides is 1. The van der Waals surface area contributed by atoms with Crippen molar-refractivity contribution in [2.45, 2.75) is 18.4 Å². The van der Waals surface area contributed by atoms with Gasteiger partial charge in [0.25, 0.3) is 0 Å². The molecule has 1 aromatic heterocycles. The molecule has 3 aromatic rings. The lowest BCUT2D eigenvalue weighted by molar-refractivity contribution is -0.132. The van der Waals surface area contributed by atoms with E-state index in [1.165, 1.54) is 12.1 Å². The van der Waals surface area contributed by atoms with Crippen LogP contribution in [0.1, 0.15) is 11.3 Å². The summed E-state index contributed by atoms with van der Waals surface area (Å²) in [5.74, 6) is -1.95. The predicted octanol–water partition coefficient (Wildman–Crippen LogP) is 7.16. The van der Waals surface area contributed by atoms with Crippen LogP contribution >= 0.6 is 27.5 Å². The first-order valence-corrected chi connectivity index (χ1v) is 11.6. The van der Waals surface area contributed by atoms with Gasteiger partial charge in [-0.05, 0) is 61.5 Å². The largest absolute Gasteiger partial charge is 0.488 e. The third-order valence-electron chi connectivity index (χ3n) is 5.29. The second-order valence-corrected chi connectivity index (χ2v) is 9.15. The van der Waals surface area contributed by atoms with Crippen LogP contribution < -0.4 is 4.74 Å². The number of allylic oxidation sites excluding steroid dienone is 4. The molecule has 174 valence electrons. The van der Waals surface area contributed by atoms with E-state index in [9.17, 15) is 18.7 Å². The van der Waals surface area contributed by atoms with Crippen LogP contribution in [0.5, 0.6) is 5.75 Å². The highest BCUT2D eigenvalue weighted by Crippen LogP contribution is 2.37. The number of rotatable bonds is 6. The van der Waals surface area contributed by atoms with Gasteiger partial charge in [0.2, 0.25) is 0 Å². The molecule has 1 aliphatic carbocycles. The number of carboxylic acid groups (broad SMARTS) is 1. The van der Waals surface area contributed by atoms with Crippen LogP contribution in [-0.2, 0) is 11.4 Å². The highest BCUT2D eigenvalue weighted by Gasteiger charge is 2.19. The lowest BCUT2D eigenvalue weighted by Crippen LogP contribution is -2.05. The molecule has 0 saturated heterocycles. The standard InChI is InChI=1S/C26H19BrClF2NO3/c1-15-2-8-24(31(15)21-10-16(26(32)33)3-5-18(27)11-21)22-12-19(28)6-9-25(22)34-14-17-4-7-20(29)13-23(17)30/h2-13,18H,14H2,1H3,(H,32,33). The van der Waals surface area contributed by atoms with Crippen molar-refractivity contribution in [3.8, 4) is 17.0 Å². The fourth-order valence-corrected chi connectivity index (χ4v) is 4.25. The first kappa shape index (κ1) is 24.0. The molecule has 1 N–H and O–H groups in total. The number of aliphatic carboxylic acids is 1. The molecule has 0 bridgehead atoms. The zero-order chi connectivity index (χ0) is 24.4. The maximum Gasteiger partial charge on any atom is 0.335 e. The fourth-order valence-electron chi connectivity index (χ4n) is 3.66. The molecule has 4 nitrogen and oxygen atoms in total. The smallest absolute Gasteiger partial charge is 0.335 e. The molecule has 2 aromatic carbocycles. The summed E-state index contributed by atoms with van der Waals surface area (Å²) in [6, 6.07) is 12.2. The van der Waals surface area contributed by atoms with Gasteiger partial charge in [-0.25, -0.2) is 13.6 Å². The van der Waals surface area contributed by atoms with Crippen LogP contribution in [0.15, 0.2) is 78.4 Å². The lowest BCUT2D eigenvalue weighted by Gasteiger charge is -2.17. The Morgan fingerprint density at radius 2 is 1.97 bits per heavy atom. The number of hydrogen-bond donors (Lipinski definition) is 1. The summed E-state index contributed by atoms with van der Waals surface area (Å²) in [6.45, 7) is 1.79. The van der Waals surface area contributed by atoms with Gasteiger partial charge in [-0.15, -0.1) is 0 Å². The molecule has 0 amide bonds. The number of halogens is 4. The maximum absolute atomic E-state index is 14.1. The summed E-state index contributed by atoms with van der Waals surface area (Å²) >= 11 is 9.82. The van der Waals surface area contributed by atoms with Gasteiger partial charge in [-0.2, -0.15) is 0 Å². The van der Waals surface area contributed by atoms with E-state index >= 15 is 0 Å². The number of benzene rings is 2. The Morgan fingerprint density at radius 3 is 2.71 bits per heavy atom. The molecule has 0 radical (unpaired) electrons. The Labute approximate surface area is 208 Å². The van der Waals surface area contributed by atoms with Crippen molar-refractivity contribution in [3.05, 3.63) is 106 Å². The number of aryl methyl sites for hydroxylation is 1. The summed E-state index contributed by atoms with van der Waals surface area (Å²) < 4.78 is 35.2. The second kappa shape index (κ2) is 9.99. The van der Waals surface area contributed by atoms with E-state index in [2.05, 4.69) is 15.9 Å². The molecule has 4 rings (SSSR count). The minimum absolute atomic E-state index is 0.112. The van der Waals surface area contributed by atoms with Crippen molar-refractivity contribution in [2.24, 2.45) is 0 Å². The molecule has 0 spiro atoms. The van der Waals surface area contributed by atoms with E-state index in [0.29, 0.717) is 27.7 Å². The number of ether oxygens (including phenoxy) is 1. The summed E-state index contributed by atoms with van der Waals surface area (Å²) in [4.78, 5) is 11.5. The number of hydrogen-bond acceptors (Lipinski definition) is 2. The fraction of sp³-hybridized carbons (Fsp3) is 0.115. The average molecular weight is 547 g/mol. The van der Waals surface area contributed by atoms with Gasteiger partial charge < -0.3 is 14.4 Å². The Hall–Kier alpha value is -3.16. The third-order valence-corrected chi connectivity index (χ3v) is 6.09. The van der Waals surface area contributed by atoms with E-state index in [-0.39, 0.29) is 22.6 Å². The first-order chi connectivity index (χ1) is 16.2. The van der Waals surface area contributed by atoms with Crippen molar-refractivity contribution in [3.63, 3.8) is 0 Å². The van der Waals surface area contributed by atoms with Crippen molar-refractivity contribution < 1.29 is 23.4 Å². The van der Waals surface area contributed by atoms with E-state index in [0.717, 1.165) is 11.8 Å². The van der Waals surface area contributed by atoms with Crippen LogP contribution in [0.4, 0.5) is 8.78 Å². The summed E-state index contributed by atoms with van der Waals surface area (Å²) in [7, 11) is 0. The van der Waals surface area contributed by atoms with E-state index in [1.807, 2.05) is 29.7 Å². The molecule has 1 atom stereocenters. The summed E-state index contributed by atoms with van der Waals surface area (Å²) in [5.41, 5.74) is 3.21. The molecule has 0 aliphatic heterocycles. The van der Waals surface area contributed by atoms with Gasteiger partial charge in [0.05, 0.1) is 16.1 Å². The zero-order valence-electron chi connectivity index (χ0n) is 17.9. The number of carbonyl (C=O) groups is 1. The molecule has 1 heterocycles. The highest BCUT2D eigenvalue weighted by molar-refractivity contribution is 9.09. The second-order valence-electron chi connectivity index (χ2n) is 7.66. The minimum Gasteiger partial charge on any atom is -0.488 e. The van der Waals surface area contributed by atoms with Crippen molar-refractivity contribution in [2.75, 3.05) is 0 Å². The third kappa shape index (κ3) is 5.16. The molecule has 1 aliphatic rings. The molecule has 34 heavy (non-hydrogen) atoms. The topological polar surface area (TPSA) is 51.5 Å². The SMILES string of the molecule is Cc1ccc(-c2cc(Cl)ccc2OCc2ccc(F)cc2F)n1C1=CC(Br)C=CC(C(=O)O)=C1. The molecule has 8 heteroatoms. The Bertz CT molecular complexity index is 1360. The van der Waals surface area contributed by atoms with Crippen molar-refractivity contribution in [1.29, 1.82) is 0 Å². The van der Waals surface area contributed by atoms with E-state index in [4.69, 9.17) is 16.3 Å². The average Bonchev–Trinajstić information content (AvgIpc) is 3.05. The highest BCUT2D eigenvalue weighted by atomic mass is 79.9. The van der Waals surface area contributed by atoms with E-state index in [1.54, 1.807) is 36.4 Å². The molecule has 1 unspecified atom stereocenters. The van der Waals surface area contributed by atoms with Crippen LogP contribution in [-0.4, -0.2) is 20.5 Å². The number of nitrogens with zero attached hydrogens (tertiary/aromatic N) is 1. The molecule has 0 saturated carbocycles. The summed E-state index contributed by atoms with van der Waals surface area (Å²) in [5, 5.41) is 10.0. The van der Waals surface area contributed by atoms with Crippen LogP contribution in [0.3, 0.4) is 0 Å². The Balaban J connectivity index is 1.77. The maximum atomic E-state index is 14.1. The quantitative estimate of drug-likeness (QED) is 0.334. The van der Waals surface area contributed by atoms with Crippen LogP contribution in [0, 0.1) is 18.6 Å². The molecular formula is C26H19BrClF2NO3. The predicted molar refractivity (Wildman–Crippen MR) is 132 cm³/mol. The monoisotopic (exact) mass is 545 g/mol. The van der Waals surface area contributed by atoms with Crippen molar-refractivity contribution in [1.82, 2.24) is 4.57 Å². The molecular weight excluding hydrogens is 528 g/mol. The van der Waals surface area contributed by atoms with E-state index < -0.39 is 17.6 Å². The summed E-state index contributed by atoms with van der Waals surface area (Å²) in [6.07, 6.45) is 6.78. The van der Waals surface area contributed by atoms with Crippen LogP contribution in [0.25, 0.3) is 17.0 Å². The van der Waals surface area contributed by atoms with Gasteiger partial charge in [0.15, 0.2) is 0 Å². The zero-order valence-corrected chi connectivity index (χ0v) is 20.3. The normalized spacial score (nSPS) is 15.5. The number of carboxylic acids is 1. The van der Waals surface area contributed by atoms with Crippen LogP contribution in [0.2, 0.25) is 5.02 Å². The Morgan fingerprint density at radius 1 is 1.18 bits per heavy atom.